The highest BCUT2D eigenvalue weighted by molar-refractivity contribution is 5.94. The Morgan fingerprint density at radius 2 is 1.77 bits per heavy atom. The first-order chi connectivity index (χ1) is 12.5. The first kappa shape index (κ1) is 18.3. The summed E-state index contributed by atoms with van der Waals surface area (Å²) in [5.41, 5.74) is 2.94. The number of aryl methyl sites for hydroxylation is 1. The van der Waals surface area contributed by atoms with E-state index in [2.05, 4.69) is 5.32 Å². The molecule has 3 rings (SSSR count). The van der Waals surface area contributed by atoms with Crippen LogP contribution in [0.5, 0.6) is 11.5 Å². The summed E-state index contributed by atoms with van der Waals surface area (Å²) in [6.07, 6.45) is 4.51. The maximum Gasteiger partial charge on any atom is 0.265 e. The number of carbonyl (C=O) groups excluding carboxylic acids is 1. The molecule has 0 spiro atoms. The van der Waals surface area contributed by atoms with E-state index in [1.165, 1.54) is 12.8 Å². The molecule has 1 N–H and O–H groups in total. The van der Waals surface area contributed by atoms with Crippen LogP contribution in [0.1, 0.15) is 43.7 Å². The lowest BCUT2D eigenvalue weighted by Gasteiger charge is -2.17. The number of nitrogens with one attached hydrogen (secondary N) is 1. The summed E-state index contributed by atoms with van der Waals surface area (Å²) in [5, 5.41) is 2.90. The number of amides is 1. The summed E-state index contributed by atoms with van der Waals surface area (Å²) in [6.45, 7) is 5.79. The zero-order valence-corrected chi connectivity index (χ0v) is 15.7. The van der Waals surface area contributed by atoms with Crippen LogP contribution in [0, 0.1) is 13.8 Å². The molecule has 1 aliphatic carbocycles. The normalized spacial score (nSPS) is 15.5. The third kappa shape index (κ3) is 4.57. The molecule has 1 aliphatic rings. The molecular weight excluding hydrogens is 326 g/mol. The molecule has 0 saturated heterocycles. The number of hydrogen-bond acceptors (Lipinski definition) is 3. The molecule has 138 valence electrons. The Kier molecular flexibility index (Phi) is 5.82. The summed E-state index contributed by atoms with van der Waals surface area (Å²) < 4.78 is 11.8. The van der Waals surface area contributed by atoms with E-state index in [-0.39, 0.29) is 5.91 Å². The average Bonchev–Trinajstić information content (AvgIpc) is 3.13. The molecule has 1 amide bonds. The molecule has 1 unspecified atom stereocenters. The standard InChI is InChI=1S/C22H27NO3/c1-15-7-6-10-21(16(15)2)25-17(3)22(24)23-18-11-13-20(14-12-18)26-19-8-4-5-9-19/h6-7,10-14,17,19H,4-5,8-9H2,1-3H3,(H,23,24). The van der Waals surface area contributed by atoms with Crippen molar-refractivity contribution >= 4 is 11.6 Å². The van der Waals surface area contributed by atoms with Gasteiger partial charge < -0.3 is 14.8 Å². The lowest BCUT2D eigenvalue weighted by Crippen LogP contribution is -2.30. The quantitative estimate of drug-likeness (QED) is 0.792. The van der Waals surface area contributed by atoms with Crippen LogP contribution < -0.4 is 14.8 Å². The molecule has 0 aliphatic heterocycles. The first-order valence-corrected chi connectivity index (χ1v) is 9.33. The minimum Gasteiger partial charge on any atom is -0.490 e. The molecule has 1 fully saturated rings. The molecule has 26 heavy (non-hydrogen) atoms. The first-order valence-electron chi connectivity index (χ1n) is 9.33. The van der Waals surface area contributed by atoms with Gasteiger partial charge in [0, 0.05) is 5.69 Å². The van der Waals surface area contributed by atoms with Gasteiger partial charge in [-0.2, -0.15) is 0 Å². The minimum atomic E-state index is -0.579. The Balaban J connectivity index is 1.55. The number of carbonyl (C=O) groups is 1. The van der Waals surface area contributed by atoms with Crippen LogP contribution in [0.15, 0.2) is 42.5 Å². The molecule has 4 nitrogen and oxygen atoms in total. The third-order valence-corrected chi connectivity index (χ3v) is 4.95. The van der Waals surface area contributed by atoms with Crippen LogP contribution >= 0.6 is 0 Å². The summed E-state index contributed by atoms with van der Waals surface area (Å²) >= 11 is 0. The van der Waals surface area contributed by atoms with Crippen molar-refractivity contribution in [3.8, 4) is 11.5 Å². The average molecular weight is 353 g/mol. The van der Waals surface area contributed by atoms with Gasteiger partial charge in [-0.05, 0) is 87.9 Å². The van der Waals surface area contributed by atoms with Gasteiger partial charge in [-0.1, -0.05) is 12.1 Å². The second kappa shape index (κ2) is 8.26. The highest BCUT2D eigenvalue weighted by Crippen LogP contribution is 2.25. The summed E-state index contributed by atoms with van der Waals surface area (Å²) in [6, 6.07) is 13.4. The van der Waals surface area contributed by atoms with Crippen molar-refractivity contribution < 1.29 is 14.3 Å². The monoisotopic (exact) mass is 353 g/mol. The molecule has 0 bridgehead atoms. The van der Waals surface area contributed by atoms with Crippen LogP contribution in [-0.2, 0) is 4.79 Å². The zero-order chi connectivity index (χ0) is 18.5. The zero-order valence-electron chi connectivity index (χ0n) is 15.7. The Morgan fingerprint density at radius 3 is 2.46 bits per heavy atom. The molecule has 0 heterocycles. The molecule has 0 radical (unpaired) electrons. The minimum absolute atomic E-state index is 0.171. The Bertz CT molecular complexity index is 748. The number of ether oxygens (including phenoxy) is 2. The number of hydrogen-bond donors (Lipinski definition) is 1. The number of anilines is 1. The topological polar surface area (TPSA) is 47.6 Å². The second-order valence-electron chi connectivity index (χ2n) is 7.00. The van der Waals surface area contributed by atoms with Gasteiger partial charge >= 0.3 is 0 Å². The summed E-state index contributed by atoms with van der Waals surface area (Å²) in [7, 11) is 0. The fourth-order valence-electron chi connectivity index (χ4n) is 3.16. The van der Waals surface area contributed by atoms with Gasteiger partial charge in [0.05, 0.1) is 6.10 Å². The van der Waals surface area contributed by atoms with E-state index < -0.39 is 6.10 Å². The Morgan fingerprint density at radius 1 is 1.08 bits per heavy atom. The Hall–Kier alpha value is -2.49. The smallest absolute Gasteiger partial charge is 0.265 e. The molecule has 2 aromatic rings. The van der Waals surface area contributed by atoms with Gasteiger partial charge in [0.2, 0.25) is 0 Å². The lowest BCUT2D eigenvalue weighted by atomic mass is 10.1. The van der Waals surface area contributed by atoms with E-state index in [0.29, 0.717) is 6.10 Å². The summed E-state index contributed by atoms with van der Waals surface area (Å²) in [5.74, 6) is 1.43. The summed E-state index contributed by atoms with van der Waals surface area (Å²) in [4.78, 5) is 12.4. The van der Waals surface area contributed by atoms with E-state index in [4.69, 9.17) is 9.47 Å². The Labute approximate surface area is 155 Å². The SMILES string of the molecule is Cc1cccc(OC(C)C(=O)Nc2ccc(OC3CCCC3)cc2)c1C. The molecule has 0 aromatic heterocycles. The largest absolute Gasteiger partial charge is 0.490 e. The van der Waals surface area contributed by atoms with E-state index in [9.17, 15) is 4.79 Å². The second-order valence-corrected chi connectivity index (χ2v) is 7.00. The number of benzene rings is 2. The van der Waals surface area contributed by atoms with Crippen molar-refractivity contribution in [1.29, 1.82) is 0 Å². The molecule has 1 atom stereocenters. The fraction of sp³-hybridized carbons (Fsp3) is 0.409. The van der Waals surface area contributed by atoms with Gasteiger partial charge in [-0.3, -0.25) is 4.79 Å². The highest BCUT2D eigenvalue weighted by Gasteiger charge is 2.18. The van der Waals surface area contributed by atoms with Crippen molar-refractivity contribution in [2.75, 3.05) is 5.32 Å². The van der Waals surface area contributed by atoms with Gasteiger partial charge in [0.15, 0.2) is 6.10 Å². The predicted octanol–water partition coefficient (Wildman–Crippen LogP) is 5.03. The van der Waals surface area contributed by atoms with Crippen molar-refractivity contribution in [1.82, 2.24) is 0 Å². The van der Waals surface area contributed by atoms with Crippen molar-refractivity contribution in [2.24, 2.45) is 0 Å². The van der Waals surface area contributed by atoms with E-state index in [0.717, 1.165) is 41.2 Å². The number of rotatable bonds is 6. The van der Waals surface area contributed by atoms with E-state index >= 15 is 0 Å². The van der Waals surface area contributed by atoms with Gasteiger partial charge in [0.25, 0.3) is 5.91 Å². The fourth-order valence-corrected chi connectivity index (χ4v) is 3.16. The predicted molar refractivity (Wildman–Crippen MR) is 104 cm³/mol. The van der Waals surface area contributed by atoms with Crippen LogP contribution in [0.3, 0.4) is 0 Å². The lowest BCUT2D eigenvalue weighted by molar-refractivity contribution is -0.122. The van der Waals surface area contributed by atoms with Crippen LogP contribution in [0.25, 0.3) is 0 Å². The molecule has 1 saturated carbocycles. The van der Waals surface area contributed by atoms with Crippen LogP contribution in [0.4, 0.5) is 5.69 Å². The van der Waals surface area contributed by atoms with Gasteiger partial charge in [0.1, 0.15) is 11.5 Å². The highest BCUT2D eigenvalue weighted by atomic mass is 16.5. The maximum atomic E-state index is 12.4. The maximum absolute atomic E-state index is 12.4. The van der Waals surface area contributed by atoms with Crippen LogP contribution in [0.2, 0.25) is 0 Å². The van der Waals surface area contributed by atoms with Gasteiger partial charge in [-0.25, -0.2) is 0 Å². The van der Waals surface area contributed by atoms with Crippen LogP contribution in [-0.4, -0.2) is 18.1 Å². The third-order valence-electron chi connectivity index (χ3n) is 4.95. The van der Waals surface area contributed by atoms with Crippen molar-refractivity contribution in [3.63, 3.8) is 0 Å². The molecule has 4 heteroatoms. The van der Waals surface area contributed by atoms with E-state index in [1.54, 1.807) is 6.92 Å². The van der Waals surface area contributed by atoms with Crippen molar-refractivity contribution in [3.05, 3.63) is 53.6 Å². The molecule has 2 aromatic carbocycles. The van der Waals surface area contributed by atoms with E-state index in [1.807, 2.05) is 56.3 Å². The van der Waals surface area contributed by atoms with Crippen molar-refractivity contribution in [2.45, 2.75) is 58.7 Å². The van der Waals surface area contributed by atoms with Gasteiger partial charge in [-0.15, -0.1) is 0 Å². The molecular formula is C22H27NO3.